The predicted octanol–water partition coefficient (Wildman–Crippen LogP) is 3.50. The van der Waals surface area contributed by atoms with Crippen LogP contribution in [0.25, 0.3) is 6.08 Å². The van der Waals surface area contributed by atoms with Crippen molar-refractivity contribution in [3.63, 3.8) is 0 Å². The van der Waals surface area contributed by atoms with Crippen LogP contribution in [0.15, 0.2) is 53.4 Å². The number of thioether (sulfide) groups is 1. The fraction of sp³-hybridized carbons (Fsp3) is 0.100. The van der Waals surface area contributed by atoms with Gasteiger partial charge in [0.05, 0.1) is 10.5 Å². The number of hydrogen-bond donors (Lipinski definition) is 1. The van der Waals surface area contributed by atoms with Gasteiger partial charge in [-0.25, -0.2) is 4.79 Å². The van der Waals surface area contributed by atoms with Crippen LogP contribution in [0, 0.1) is 6.92 Å². The number of carbonyl (C=O) groups is 3. The Hall–Kier alpha value is -2.97. The molecule has 0 bridgehead atoms. The molecule has 1 amide bonds. The number of ether oxygens (including phenoxy) is 1. The van der Waals surface area contributed by atoms with Gasteiger partial charge in [-0.3, -0.25) is 14.5 Å². The number of hydrogen-bond acceptors (Lipinski definition) is 6. The Morgan fingerprint density at radius 1 is 1.21 bits per heavy atom. The van der Waals surface area contributed by atoms with Crippen molar-refractivity contribution in [2.45, 2.75) is 6.92 Å². The topological polar surface area (TPSA) is 83.9 Å². The van der Waals surface area contributed by atoms with Crippen LogP contribution in [0.5, 0.6) is 5.75 Å². The van der Waals surface area contributed by atoms with Crippen LogP contribution >= 0.6 is 24.0 Å². The van der Waals surface area contributed by atoms with Crippen LogP contribution in [0.1, 0.15) is 21.5 Å². The van der Waals surface area contributed by atoms with Crippen LogP contribution in [0.3, 0.4) is 0 Å². The van der Waals surface area contributed by atoms with Crippen molar-refractivity contribution in [3.05, 3.63) is 70.1 Å². The zero-order chi connectivity index (χ0) is 20.3. The summed E-state index contributed by atoms with van der Waals surface area (Å²) >= 11 is 6.11. The summed E-state index contributed by atoms with van der Waals surface area (Å²) in [5.74, 6) is -1.64. The van der Waals surface area contributed by atoms with Crippen LogP contribution in [-0.2, 0) is 9.59 Å². The third-order valence-electron chi connectivity index (χ3n) is 3.81. The van der Waals surface area contributed by atoms with E-state index in [2.05, 4.69) is 0 Å². The van der Waals surface area contributed by atoms with Crippen molar-refractivity contribution < 1.29 is 24.2 Å². The van der Waals surface area contributed by atoms with Crippen LogP contribution in [-0.4, -0.2) is 38.7 Å². The van der Waals surface area contributed by atoms with E-state index >= 15 is 0 Å². The fourth-order valence-electron chi connectivity index (χ4n) is 2.49. The maximum absolute atomic E-state index is 12.3. The highest BCUT2D eigenvalue weighted by Gasteiger charge is 2.33. The summed E-state index contributed by atoms with van der Waals surface area (Å²) in [4.78, 5) is 36.7. The minimum Gasteiger partial charge on any atom is -0.480 e. The normalized spacial score (nSPS) is 15.2. The van der Waals surface area contributed by atoms with E-state index in [1.54, 1.807) is 48.5 Å². The number of carboxylic acid groups (broad SMARTS) is 1. The molecule has 1 fully saturated rings. The van der Waals surface area contributed by atoms with E-state index in [0.29, 0.717) is 21.8 Å². The number of esters is 1. The first kappa shape index (κ1) is 19.8. The second kappa shape index (κ2) is 8.37. The van der Waals surface area contributed by atoms with Crippen molar-refractivity contribution in [1.29, 1.82) is 0 Å². The average Bonchev–Trinajstić information content (AvgIpc) is 2.90. The lowest BCUT2D eigenvalue weighted by atomic mass is 10.1. The molecule has 2 aromatic rings. The van der Waals surface area contributed by atoms with Gasteiger partial charge in [0.15, 0.2) is 0 Å². The van der Waals surface area contributed by atoms with Gasteiger partial charge in [0.25, 0.3) is 5.91 Å². The fourth-order valence-corrected chi connectivity index (χ4v) is 3.75. The monoisotopic (exact) mass is 413 g/mol. The van der Waals surface area contributed by atoms with Gasteiger partial charge in [0.1, 0.15) is 16.6 Å². The summed E-state index contributed by atoms with van der Waals surface area (Å²) in [6.07, 6.45) is 1.62. The number of thiocarbonyl (C=S) groups is 1. The molecule has 0 aromatic heterocycles. The van der Waals surface area contributed by atoms with Crippen molar-refractivity contribution in [3.8, 4) is 5.75 Å². The van der Waals surface area contributed by atoms with Crippen molar-refractivity contribution in [2.24, 2.45) is 0 Å². The molecule has 6 nitrogen and oxygen atoms in total. The summed E-state index contributed by atoms with van der Waals surface area (Å²) in [5, 5.41) is 8.86. The molecule has 1 N–H and O–H groups in total. The minimum absolute atomic E-state index is 0.211. The number of aliphatic carboxylic acids is 1. The molecule has 142 valence electrons. The number of carboxylic acids is 1. The van der Waals surface area contributed by atoms with Gasteiger partial charge in [0, 0.05) is 0 Å². The highest BCUT2D eigenvalue weighted by atomic mass is 32.2. The summed E-state index contributed by atoms with van der Waals surface area (Å²) in [5.41, 5.74) is 2.13. The van der Waals surface area contributed by atoms with Crippen molar-refractivity contribution in [1.82, 2.24) is 4.90 Å². The zero-order valence-electron chi connectivity index (χ0n) is 14.7. The second-order valence-corrected chi connectivity index (χ2v) is 7.67. The smallest absolute Gasteiger partial charge is 0.343 e. The molecular formula is C20H15NO5S2. The van der Waals surface area contributed by atoms with Gasteiger partial charge in [-0.05, 0) is 42.8 Å². The molecule has 0 atom stereocenters. The second-order valence-electron chi connectivity index (χ2n) is 5.99. The molecule has 8 heteroatoms. The van der Waals surface area contributed by atoms with E-state index in [0.717, 1.165) is 22.2 Å². The molecule has 1 aliphatic heterocycles. The van der Waals surface area contributed by atoms with E-state index in [4.69, 9.17) is 22.1 Å². The Labute approximate surface area is 170 Å². The third kappa shape index (κ3) is 4.65. The number of rotatable bonds is 5. The highest BCUT2D eigenvalue weighted by molar-refractivity contribution is 8.26. The van der Waals surface area contributed by atoms with Gasteiger partial charge in [-0.2, -0.15) is 0 Å². The quantitative estimate of drug-likeness (QED) is 0.348. The molecule has 2 aromatic carbocycles. The lowest BCUT2D eigenvalue weighted by Crippen LogP contribution is -2.33. The van der Waals surface area contributed by atoms with E-state index in [-0.39, 0.29) is 4.32 Å². The zero-order valence-corrected chi connectivity index (χ0v) is 16.4. The minimum atomic E-state index is -1.13. The van der Waals surface area contributed by atoms with Gasteiger partial charge in [0.2, 0.25) is 0 Å². The molecule has 1 aliphatic rings. The van der Waals surface area contributed by atoms with Gasteiger partial charge in [-0.1, -0.05) is 53.8 Å². The van der Waals surface area contributed by atoms with E-state index in [1.165, 1.54) is 0 Å². The molecule has 0 saturated carbocycles. The molecule has 0 radical (unpaired) electrons. The summed E-state index contributed by atoms with van der Waals surface area (Å²) in [6.45, 7) is 1.43. The molecule has 1 saturated heterocycles. The third-order valence-corrected chi connectivity index (χ3v) is 5.19. The number of benzene rings is 2. The molecule has 3 rings (SSSR count). The van der Waals surface area contributed by atoms with E-state index < -0.39 is 24.4 Å². The maximum Gasteiger partial charge on any atom is 0.343 e. The molecule has 0 unspecified atom stereocenters. The highest BCUT2D eigenvalue weighted by Crippen LogP contribution is 2.32. The molecule has 1 heterocycles. The number of aryl methyl sites for hydroxylation is 1. The molecular weight excluding hydrogens is 398 g/mol. The average molecular weight is 413 g/mol. The Morgan fingerprint density at radius 3 is 2.57 bits per heavy atom. The molecule has 28 heavy (non-hydrogen) atoms. The number of nitrogens with zero attached hydrogens (tertiary/aromatic N) is 1. The van der Waals surface area contributed by atoms with Gasteiger partial charge >= 0.3 is 11.9 Å². The first-order valence-electron chi connectivity index (χ1n) is 8.19. The summed E-state index contributed by atoms with van der Waals surface area (Å²) in [6, 6.07) is 13.7. The molecule has 0 spiro atoms. The largest absolute Gasteiger partial charge is 0.480 e. The van der Waals surface area contributed by atoms with Crippen LogP contribution in [0.2, 0.25) is 0 Å². The van der Waals surface area contributed by atoms with E-state index in [9.17, 15) is 14.4 Å². The maximum atomic E-state index is 12.3. The summed E-state index contributed by atoms with van der Waals surface area (Å²) in [7, 11) is 0. The number of amides is 1. The standard InChI is InChI=1S/C20H15NO5S2/c1-12-3-2-4-14(9-12)19(25)26-15-7-5-13(6-8-15)10-16-18(24)21(11-17(22)23)20(27)28-16/h2-10H,11H2,1H3,(H,22,23)/b16-10+. The van der Waals surface area contributed by atoms with Gasteiger partial charge < -0.3 is 9.84 Å². The predicted molar refractivity (Wildman–Crippen MR) is 110 cm³/mol. The van der Waals surface area contributed by atoms with Crippen molar-refractivity contribution >= 4 is 52.2 Å². The number of carbonyl (C=O) groups excluding carboxylic acids is 2. The Bertz CT molecular complexity index is 998. The first-order valence-corrected chi connectivity index (χ1v) is 9.42. The van der Waals surface area contributed by atoms with Crippen LogP contribution < -0.4 is 4.74 Å². The first-order chi connectivity index (χ1) is 13.3. The van der Waals surface area contributed by atoms with Crippen LogP contribution in [0.4, 0.5) is 0 Å². The lowest BCUT2D eigenvalue weighted by Gasteiger charge is -2.10. The lowest BCUT2D eigenvalue weighted by molar-refractivity contribution is -0.140. The SMILES string of the molecule is Cc1cccc(C(=O)Oc2ccc(/C=C3/SC(=S)N(CC(=O)O)C3=O)cc2)c1. The molecule has 0 aliphatic carbocycles. The Kier molecular flexibility index (Phi) is 5.91. The van der Waals surface area contributed by atoms with E-state index in [1.807, 2.05) is 13.0 Å². The Morgan fingerprint density at radius 2 is 1.93 bits per heavy atom. The van der Waals surface area contributed by atoms with Crippen molar-refractivity contribution in [2.75, 3.05) is 6.54 Å². The Balaban J connectivity index is 1.70. The van der Waals surface area contributed by atoms with Gasteiger partial charge in [-0.15, -0.1) is 0 Å². The summed E-state index contributed by atoms with van der Waals surface area (Å²) < 4.78 is 5.56.